The number of hydrogen-bond donors (Lipinski definition) is 2. The third kappa shape index (κ3) is 10.6. The van der Waals surface area contributed by atoms with Gasteiger partial charge in [0.1, 0.15) is 11.6 Å². The van der Waals surface area contributed by atoms with Crippen molar-refractivity contribution in [1.82, 2.24) is 4.90 Å². The normalized spacial score (nSPS) is 14.4. The van der Waals surface area contributed by atoms with Gasteiger partial charge in [0.15, 0.2) is 5.84 Å². The van der Waals surface area contributed by atoms with E-state index in [2.05, 4.69) is 14.6 Å². The summed E-state index contributed by atoms with van der Waals surface area (Å²) in [5.41, 5.74) is 5.16. The maximum Gasteiger partial charge on any atom is 0.410 e. The molecule has 0 aromatic heterocycles. The molecule has 0 spiro atoms. The van der Waals surface area contributed by atoms with Crippen molar-refractivity contribution in [3.05, 3.63) is 11.8 Å². The largest absolute Gasteiger partial charge is 0.466 e. The zero-order valence-corrected chi connectivity index (χ0v) is 18.3. The second kappa shape index (κ2) is 12.6. The van der Waals surface area contributed by atoms with Crippen molar-refractivity contribution in [2.75, 3.05) is 34.5 Å². The van der Waals surface area contributed by atoms with Crippen LogP contribution in [0.1, 0.15) is 27.7 Å². The number of carbonyl (C=O) groups is 3. The van der Waals surface area contributed by atoms with Gasteiger partial charge in [0, 0.05) is 7.05 Å². The molecule has 0 rings (SSSR count). The number of esters is 2. The molecule has 1 amide bonds. The Morgan fingerprint density at radius 1 is 1.17 bits per heavy atom. The van der Waals surface area contributed by atoms with Crippen molar-refractivity contribution in [3.63, 3.8) is 0 Å². The Bertz CT molecular complexity index is 654. The first-order valence-corrected chi connectivity index (χ1v) is 8.92. The number of oxime groups is 1. The van der Waals surface area contributed by atoms with E-state index in [9.17, 15) is 19.5 Å². The van der Waals surface area contributed by atoms with Gasteiger partial charge in [-0.3, -0.25) is 4.90 Å². The molecule has 3 N–H and O–H groups in total. The third-order valence-electron chi connectivity index (χ3n) is 3.21. The summed E-state index contributed by atoms with van der Waals surface area (Å²) in [5, 5.41) is 13.0. The fraction of sp³-hybridized carbons (Fsp3) is 0.667. The number of nitrogens with zero attached hydrogens (tertiary/aromatic N) is 2. The number of hydrogen-bond acceptors (Lipinski definition) is 10. The van der Waals surface area contributed by atoms with Crippen LogP contribution in [0.3, 0.4) is 0 Å². The molecular formula is C18H31N3O9. The van der Waals surface area contributed by atoms with Crippen LogP contribution in [0.5, 0.6) is 0 Å². The first kappa shape index (κ1) is 27.1. The van der Waals surface area contributed by atoms with E-state index < -0.39 is 41.5 Å². The standard InChI is InChI=1S/C18H31N3O9/c1-11(22)9-28-10-12(21(5)17(25)29-18(2,3)4)15(19)20-30-13(16(24)27-7)8-14(23)26-6/h8,11-12,22H,9-10H2,1-7H3,(H2,19,20)/b13-8+/t11-,12?/m1/s1. The zero-order valence-electron chi connectivity index (χ0n) is 18.3. The van der Waals surface area contributed by atoms with E-state index in [-0.39, 0.29) is 19.0 Å². The van der Waals surface area contributed by atoms with Crippen molar-refractivity contribution in [2.45, 2.75) is 45.4 Å². The SMILES string of the molecule is COC(=O)/C=C(/O/N=C(\N)C(COC[C@@H](C)O)N(C)C(=O)OC(C)(C)C)C(=O)OC. The average Bonchev–Trinajstić information content (AvgIpc) is 2.65. The lowest BCUT2D eigenvalue weighted by Gasteiger charge is -2.30. The molecule has 0 aromatic rings. The molecule has 0 aliphatic rings. The predicted octanol–water partition coefficient (Wildman–Crippen LogP) is 0.138. The van der Waals surface area contributed by atoms with Gasteiger partial charge in [-0.2, -0.15) is 0 Å². The van der Waals surface area contributed by atoms with Gasteiger partial charge in [0.2, 0.25) is 5.76 Å². The van der Waals surface area contributed by atoms with Crippen LogP contribution in [0.25, 0.3) is 0 Å². The van der Waals surface area contributed by atoms with E-state index in [1.54, 1.807) is 20.8 Å². The van der Waals surface area contributed by atoms with Gasteiger partial charge < -0.3 is 34.6 Å². The number of likely N-dealkylation sites (N-methyl/N-ethyl adjacent to an activating group) is 1. The summed E-state index contributed by atoms with van der Waals surface area (Å²) in [6.45, 7) is 6.42. The Morgan fingerprint density at radius 2 is 1.77 bits per heavy atom. The first-order chi connectivity index (χ1) is 13.8. The van der Waals surface area contributed by atoms with Gasteiger partial charge in [-0.05, 0) is 27.7 Å². The number of amidine groups is 1. The van der Waals surface area contributed by atoms with E-state index in [1.165, 1.54) is 14.0 Å². The average molecular weight is 433 g/mol. The molecule has 0 aromatic carbocycles. The molecule has 0 radical (unpaired) electrons. The minimum absolute atomic E-state index is 0.0253. The van der Waals surface area contributed by atoms with E-state index in [0.717, 1.165) is 25.2 Å². The van der Waals surface area contributed by atoms with Crippen LogP contribution in [-0.4, -0.2) is 86.1 Å². The maximum atomic E-state index is 12.4. The van der Waals surface area contributed by atoms with Crippen molar-refractivity contribution in [1.29, 1.82) is 0 Å². The minimum Gasteiger partial charge on any atom is -0.466 e. The van der Waals surface area contributed by atoms with Crippen molar-refractivity contribution in [3.8, 4) is 0 Å². The van der Waals surface area contributed by atoms with Crippen LogP contribution in [0, 0.1) is 0 Å². The highest BCUT2D eigenvalue weighted by molar-refractivity contribution is 5.95. The van der Waals surface area contributed by atoms with E-state index in [0.29, 0.717) is 0 Å². The molecule has 12 heteroatoms. The quantitative estimate of drug-likeness (QED) is 0.0922. The molecule has 0 aliphatic carbocycles. The molecule has 0 heterocycles. The number of ether oxygens (including phenoxy) is 4. The lowest BCUT2D eigenvalue weighted by molar-refractivity contribution is -0.142. The molecular weight excluding hydrogens is 402 g/mol. The van der Waals surface area contributed by atoms with E-state index >= 15 is 0 Å². The summed E-state index contributed by atoms with van der Waals surface area (Å²) in [7, 11) is 3.59. The van der Waals surface area contributed by atoms with Crippen LogP contribution in [0.2, 0.25) is 0 Å². The Balaban J connectivity index is 5.62. The fourth-order valence-corrected chi connectivity index (χ4v) is 1.76. The second-order valence-electron chi connectivity index (χ2n) is 7.12. The van der Waals surface area contributed by atoms with Crippen LogP contribution in [0.4, 0.5) is 4.79 Å². The number of amides is 1. The molecule has 2 atom stereocenters. The van der Waals surface area contributed by atoms with Crippen molar-refractivity contribution >= 4 is 23.9 Å². The van der Waals surface area contributed by atoms with Gasteiger partial charge in [-0.25, -0.2) is 14.4 Å². The number of rotatable bonds is 10. The first-order valence-electron chi connectivity index (χ1n) is 8.92. The van der Waals surface area contributed by atoms with Crippen LogP contribution < -0.4 is 5.73 Å². The van der Waals surface area contributed by atoms with Gasteiger partial charge in [-0.15, -0.1) is 0 Å². The molecule has 0 aliphatic heterocycles. The Labute approximate surface area is 175 Å². The Kier molecular flexibility index (Phi) is 11.4. The van der Waals surface area contributed by atoms with Gasteiger partial charge in [0.25, 0.3) is 0 Å². The lowest BCUT2D eigenvalue weighted by atomic mass is 10.2. The smallest absolute Gasteiger partial charge is 0.410 e. The number of nitrogens with two attached hydrogens (primary N) is 1. The third-order valence-corrected chi connectivity index (χ3v) is 3.21. The summed E-state index contributed by atoms with van der Waals surface area (Å²) >= 11 is 0. The molecule has 0 fully saturated rings. The van der Waals surface area contributed by atoms with E-state index in [4.69, 9.17) is 20.0 Å². The maximum absolute atomic E-state index is 12.4. The highest BCUT2D eigenvalue weighted by Gasteiger charge is 2.29. The number of methoxy groups -OCH3 is 2. The monoisotopic (exact) mass is 433 g/mol. The highest BCUT2D eigenvalue weighted by atomic mass is 16.7. The topological polar surface area (TPSA) is 159 Å². The second-order valence-corrected chi connectivity index (χ2v) is 7.12. The van der Waals surface area contributed by atoms with Gasteiger partial charge >= 0.3 is 18.0 Å². The minimum atomic E-state index is -1.00. The number of aliphatic hydroxyl groups excluding tert-OH is 1. The van der Waals surface area contributed by atoms with Crippen molar-refractivity contribution in [2.24, 2.45) is 10.9 Å². The number of carbonyl (C=O) groups excluding carboxylic acids is 3. The van der Waals surface area contributed by atoms with Gasteiger partial charge in [-0.1, -0.05) is 5.16 Å². The van der Waals surface area contributed by atoms with Crippen LogP contribution >= 0.6 is 0 Å². The Morgan fingerprint density at radius 3 is 2.23 bits per heavy atom. The van der Waals surface area contributed by atoms with Crippen LogP contribution in [0.15, 0.2) is 17.0 Å². The van der Waals surface area contributed by atoms with Crippen molar-refractivity contribution < 1.29 is 43.3 Å². The molecule has 0 saturated carbocycles. The van der Waals surface area contributed by atoms with Gasteiger partial charge in [0.05, 0.1) is 39.6 Å². The Hall–Kier alpha value is -2.86. The predicted molar refractivity (Wildman–Crippen MR) is 105 cm³/mol. The number of aliphatic hydroxyl groups is 1. The summed E-state index contributed by atoms with van der Waals surface area (Å²) < 4.78 is 19.6. The summed E-state index contributed by atoms with van der Waals surface area (Å²) in [6, 6.07) is -0.976. The summed E-state index contributed by atoms with van der Waals surface area (Å²) in [6.07, 6.45) is -0.746. The fourth-order valence-electron chi connectivity index (χ4n) is 1.76. The molecule has 0 bridgehead atoms. The molecule has 0 saturated heterocycles. The zero-order chi connectivity index (χ0) is 23.5. The summed E-state index contributed by atoms with van der Waals surface area (Å²) in [5.74, 6) is -2.74. The summed E-state index contributed by atoms with van der Waals surface area (Å²) in [4.78, 5) is 41.5. The van der Waals surface area contributed by atoms with E-state index in [1.807, 2.05) is 0 Å². The lowest BCUT2D eigenvalue weighted by Crippen LogP contribution is -2.50. The molecule has 1 unspecified atom stereocenters. The van der Waals surface area contributed by atoms with Crippen LogP contribution in [-0.2, 0) is 33.4 Å². The molecule has 172 valence electrons. The highest BCUT2D eigenvalue weighted by Crippen LogP contribution is 2.12. The molecule has 30 heavy (non-hydrogen) atoms. The molecule has 12 nitrogen and oxygen atoms in total.